The highest BCUT2D eigenvalue weighted by Gasteiger charge is 2.23. The lowest BCUT2D eigenvalue weighted by Gasteiger charge is -2.28. The molecule has 0 saturated heterocycles. The molecule has 3 rings (SSSR count). The van der Waals surface area contributed by atoms with Crippen molar-refractivity contribution in [3.05, 3.63) is 69.8 Å². The number of rotatable bonds is 3. The first-order valence-electron chi connectivity index (χ1n) is 8.66. The Morgan fingerprint density at radius 1 is 1.19 bits per heavy atom. The number of carbonyl (C=O) groups excluding carboxylic acids is 1. The van der Waals surface area contributed by atoms with Crippen molar-refractivity contribution in [3.8, 4) is 11.8 Å². The first kappa shape index (κ1) is 17.8. The number of benzene rings is 2. The van der Waals surface area contributed by atoms with Gasteiger partial charge in [0.2, 0.25) is 0 Å². The summed E-state index contributed by atoms with van der Waals surface area (Å²) in [6, 6.07) is 14.1. The number of nitrogens with zero attached hydrogens (tertiary/aromatic N) is 2. The van der Waals surface area contributed by atoms with E-state index in [-0.39, 0.29) is 11.5 Å². The van der Waals surface area contributed by atoms with Crippen LogP contribution in [0.3, 0.4) is 0 Å². The molecule has 4 nitrogen and oxygen atoms in total. The summed E-state index contributed by atoms with van der Waals surface area (Å²) in [5.74, 6) is 0.590. The zero-order chi connectivity index (χ0) is 18.7. The fraction of sp³-hybridized carbons (Fsp3) is 0.273. The Kier molecular flexibility index (Phi) is 5.09. The summed E-state index contributed by atoms with van der Waals surface area (Å²) < 4.78 is 5.33. The van der Waals surface area contributed by atoms with Gasteiger partial charge in [0.15, 0.2) is 0 Å². The number of carbonyl (C=O) groups is 1. The Bertz CT molecular complexity index is 922. The minimum Gasteiger partial charge on any atom is -0.496 e. The van der Waals surface area contributed by atoms with E-state index in [1.54, 1.807) is 18.1 Å². The third-order valence-corrected chi connectivity index (χ3v) is 4.85. The second-order valence-electron chi connectivity index (χ2n) is 6.59. The molecule has 0 unspecified atom stereocenters. The number of aryl methyl sites for hydroxylation is 2. The van der Waals surface area contributed by atoms with Crippen LogP contribution in [0.25, 0.3) is 6.08 Å². The topological polar surface area (TPSA) is 53.3 Å². The first-order chi connectivity index (χ1) is 12.5. The molecule has 0 N–H and O–H groups in total. The average Bonchev–Trinajstić information content (AvgIpc) is 2.67. The molecule has 1 aliphatic rings. The molecule has 2 aromatic carbocycles. The van der Waals surface area contributed by atoms with Crippen molar-refractivity contribution in [2.24, 2.45) is 0 Å². The van der Waals surface area contributed by atoms with Gasteiger partial charge in [0.05, 0.1) is 7.11 Å². The second-order valence-corrected chi connectivity index (χ2v) is 6.59. The van der Waals surface area contributed by atoms with E-state index < -0.39 is 0 Å². The van der Waals surface area contributed by atoms with Crippen LogP contribution < -0.4 is 4.74 Å². The monoisotopic (exact) mass is 346 g/mol. The van der Waals surface area contributed by atoms with Gasteiger partial charge < -0.3 is 9.64 Å². The van der Waals surface area contributed by atoms with E-state index in [4.69, 9.17) is 4.74 Å². The maximum atomic E-state index is 12.9. The van der Waals surface area contributed by atoms with E-state index in [0.717, 1.165) is 34.4 Å². The second kappa shape index (κ2) is 7.45. The fourth-order valence-corrected chi connectivity index (χ4v) is 3.32. The highest BCUT2D eigenvalue weighted by Crippen LogP contribution is 2.25. The smallest absolute Gasteiger partial charge is 0.264 e. The van der Waals surface area contributed by atoms with Crippen LogP contribution in [0.1, 0.15) is 27.8 Å². The van der Waals surface area contributed by atoms with Crippen molar-refractivity contribution in [2.45, 2.75) is 26.8 Å². The molecule has 0 saturated carbocycles. The Hall–Kier alpha value is -3.06. The predicted octanol–water partition coefficient (Wildman–Crippen LogP) is 3.80. The summed E-state index contributed by atoms with van der Waals surface area (Å²) in [5, 5.41) is 9.55. The zero-order valence-corrected chi connectivity index (χ0v) is 15.4. The van der Waals surface area contributed by atoms with Gasteiger partial charge in [0.25, 0.3) is 5.91 Å². The quantitative estimate of drug-likeness (QED) is 0.627. The van der Waals surface area contributed by atoms with E-state index in [1.165, 1.54) is 5.56 Å². The minimum absolute atomic E-state index is 0.164. The third kappa shape index (κ3) is 3.48. The molecule has 2 aromatic rings. The third-order valence-electron chi connectivity index (χ3n) is 4.85. The lowest BCUT2D eigenvalue weighted by atomic mass is 9.98. The number of ether oxygens (including phenoxy) is 1. The summed E-state index contributed by atoms with van der Waals surface area (Å²) in [6.45, 7) is 5.08. The maximum Gasteiger partial charge on any atom is 0.264 e. The van der Waals surface area contributed by atoms with E-state index in [1.807, 2.05) is 44.2 Å². The molecule has 1 heterocycles. The van der Waals surface area contributed by atoms with E-state index >= 15 is 0 Å². The Morgan fingerprint density at radius 3 is 2.62 bits per heavy atom. The van der Waals surface area contributed by atoms with Crippen molar-refractivity contribution in [1.29, 1.82) is 5.26 Å². The average molecular weight is 346 g/mol. The number of amides is 1. The molecule has 0 aliphatic carbocycles. The molecule has 0 radical (unpaired) electrons. The molecule has 0 fully saturated rings. The highest BCUT2D eigenvalue weighted by atomic mass is 16.5. The summed E-state index contributed by atoms with van der Waals surface area (Å²) >= 11 is 0. The number of nitriles is 1. The number of methoxy groups -OCH3 is 1. The van der Waals surface area contributed by atoms with Gasteiger partial charge in [0.1, 0.15) is 17.4 Å². The molecule has 132 valence electrons. The standard InChI is InChI=1S/C22H22N2O2/c1-15-11-21(26-3)16(2)10-19(15)12-20(13-23)22(25)24-9-8-17-6-4-5-7-18(17)14-24/h4-7,10-12H,8-9,14H2,1-3H3/b20-12+. The van der Waals surface area contributed by atoms with Crippen LogP contribution in [0.15, 0.2) is 42.0 Å². The Balaban J connectivity index is 1.88. The van der Waals surface area contributed by atoms with Crippen LogP contribution in [-0.2, 0) is 17.8 Å². The molecule has 26 heavy (non-hydrogen) atoms. The summed E-state index contributed by atoms with van der Waals surface area (Å²) in [5.41, 5.74) is 5.40. The SMILES string of the molecule is COc1cc(C)c(/C=C(\C#N)C(=O)N2CCc3ccccc3C2)cc1C. The van der Waals surface area contributed by atoms with Gasteiger partial charge in [-0.05, 0) is 66.3 Å². The van der Waals surface area contributed by atoms with Gasteiger partial charge >= 0.3 is 0 Å². The van der Waals surface area contributed by atoms with Gasteiger partial charge in [0, 0.05) is 13.1 Å². The van der Waals surface area contributed by atoms with Crippen LogP contribution in [0.4, 0.5) is 0 Å². The lowest BCUT2D eigenvalue weighted by molar-refractivity contribution is -0.127. The molecule has 0 atom stereocenters. The summed E-state index contributed by atoms with van der Waals surface area (Å²) in [4.78, 5) is 14.6. The maximum absolute atomic E-state index is 12.9. The normalized spacial score (nSPS) is 13.8. The zero-order valence-electron chi connectivity index (χ0n) is 15.4. The molecule has 1 aliphatic heterocycles. The molecular formula is C22H22N2O2. The molecular weight excluding hydrogens is 324 g/mol. The van der Waals surface area contributed by atoms with E-state index in [9.17, 15) is 10.1 Å². The van der Waals surface area contributed by atoms with Crippen LogP contribution in [0.5, 0.6) is 5.75 Å². The molecule has 1 amide bonds. The van der Waals surface area contributed by atoms with Crippen molar-refractivity contribution in [3.63, 3.8) is 0 Å². The largest absolute Gasteiger partial charge is 0.496 e. The number of fused-ring (bicyclic) bond motifs is 1. The molecule has 0 bridgehead atoms. The molecule has 4 heteroatoms. The van der Waals surface area contributed by atoms with Crippen molar-refractivity contribution in [1.82, 2.24) is 4.90 Å². The molecule has 0 aromatic heterocycles. The minimum atomic E-state index is -0.213. The lowest BCUT2D eigenvalue weighted by Crippen LogP contribution is -2.36. The first-order valence-corrected chi connectivity index (χ1v) is 8.66. The highest BCUT2D eigenvalue weighted by molar-refractivity contribution is 6.02. The fourth-order valence-electron chi connectivity index (χ4n) is 3.32. The van der Waals surface area contributed by atoms with Gasteiger partial charge in [-0.1, -0.05) is 24.3 Å². The van der Waals surface area contributed by atoms with Crippen molar-refractivity contribution < 1.29 is 9.53 Å². The van der Waals surface area contributed by atoms with Crippen molar-refractivity contribution >= 4 is 12.0 Å². The van der Waals surface area contributed by atoms with Crippen LogP contribution >= 0.6 is 0 Å². The van der Waals surface area contributed by atoms with Gasteiger partial charge in [-0.15, -0.1) is 0 Å². The predicted molar refractivity (Wildman–Crippen MR) is 102 cm³/mol. The van der Waals surface area contributed by atoms with Gasteiger partial charge in [-0.2, -0.15) is 5.26 Å². The van der Waals surface area contributed by atoms with Crippen LogP contribution in [0.2, 0.25) is 0 Å². The summed E-state index contributed by atoms with van der Waals surface area (Å²) in [6.07, 6.45) is 2.51. The Morgan fingerprint density at radius 2 is 1.92 bits per heavy atom. The van der Waals surface area contributed by atoms with Crippen LogP contribution in [-0.4, -0.2) is 24.5 Å². The molecule has 0 spiro atoms. The summed E-state index contributed by atoms with van der Waals surface area (Å²) in [7, 11) is 1.63. The van der Waals surface area contributed by atoms with Gasteiger partial charge in [-0.3, -0.25) is 4.79 Å². The number of hydrogen-bond acceptors (Lipinski definition) is 3. The number of hydrogen-bond donors (Lipinski definition) is 0. The Labute approximate surface area is 154 Å². The van der Waals surface area contributed by atoms with E-state index in [0.29, 0.717) is 13.1 Å². The van der Waals surface area contributed by atoms with Crippen LogP contribution in [0, 0.1) is 25.2 Å². The van der Waals surface area contributed by atoms with E-state index in [2.05, 4.69) is 12.1 Å². The van der Waals surface area contributed by atoms with Crippen molar-refractivity contribution in [2.75, 3.05) is 13.7 Å². The van der Waals surface area contributed by atoms with Gasteiger partial charge in [-0.25, -0.2) is 0 Å².